The zero-order chi connectivity index (χ0) is 24.1. The average molecular weight is 474 g/mol. The number of rotatable bonds is 7. The first kappa shape index (κ1) is 22.3. The fraction of sp³-hybridized carbons (Fsp3) is 0.464. The van der Waals surface area contributed by atoms with Crippen molar-refractivity contribution in [3.8, 4) is 0 Å². The van der Waals surface area contributed by atoms with Gasteiger partial charge in [0.25, 0.3) is 5.56 Å². The third kappa shape index (κ3) is 4.01. The van der Waals surface area contributed by atoms with Gasteiger partial charge in [0, 0.05) is 42.8 Å². The second-order valence-corrected chi connectivity index (χ2v) is 10.5. The molecule has 2 aromatic rings. The summed E-state index contributed by atoms with van der Waals surface area (Å²) in [5, 5.41) is 13.4. The predicted molar refractivity (Wildman–Crippen MR) is 132 cm³/mol. The Morgan fingerprint density at radius 2 is 1.80 bits per heavy atom. The molecule has 2 saturated carbocycles. The normalized spacial score (nSPS) is 27.2. The van der Waals surface area contributed by atoms with Gasteiger partial charge in [0.05, 0.1) is 18.0 Å². The van der Waals surface area contributed by atoms with E-state index >= 15 is 0 Å². The monoisotopic (exact) mass is 473 g/mol. The van der Waals surface area contributed by atoms with E-state index in [9.17, 15) is 19.5 Å². The minimum atomic E-state index is -0.565. The first-order valence-corrected chi connectivity index (χ1v) is 12.7. The van der Waals surface area contributed by atoms with Crippen molar-refractivity contribution in [1.29, 1.82) is 0 Å². The van der Waals surface area contributed by atoms with E-state index in [1.165, 1.54) is 0 Å². The topological polar surface area (TPSA) is 91.6 Å². The Morgan fingerprint density at radius 1 is 1.03 bits per heavy atom. The molecule has 2 bridgehead atoms. The number of pyridine rings is 1. The standard InChI is InChI=1S/C28H31N3O4/c32-16-21-23-15-30-22(13-12-19(27(30)34)9-8-17-4-2-1-3-5-17)25(31(23)28(35)20-10-11-20)24(21)26(33)29-14-18-6-7-18/h1-5,8-9,12-13,18,20-21,23-25,32H,6-7,10-11,14-16H2,(H,29,33)/b9-8+/t21-,23-,24+,25+/m0/s1. The van der Waals surface area contributed by atoms with Crippen LogP contribution in [0.4, 0.5) is 0 Å². The SMILES string of the molecule is O=C(NCC1CC1)[C@@H]1[C@@H](CO)[C@@H]2Cn3c(ccc(/C=C/c4ccccc4)c3=O)[C@H]1N2C(=O)C1CC1. The maximum absolute atomic E-state index is 13.5. The average Bonchev–Trinajstić information content (AvgIpc) is 3.79. The van der Waals surface area contributed by atoms with Gasteiger partial charge in [-0.05, 0) is 55.4 Å². The number of hydrogen-bond donors (Lipinski definition) is 2. The van der Waals surface area contributed by atoms with Crippen LogP contribution in [0.2, 0.25) is 0 Å². The van der Waals surface area contributed by atoms with Gasteiger partial charge < -0.3 is 19.9 Å². The number of nitrogens with one attached hydrogen (secondary N) is 1. The van der Waals surface area contributed by atoms with Crippen molar-refractivity contribution in [2.24, 2.45) is 23.7 Å². The largest absolute Gasteiger partial charge is 0.396 e. The summed E-state index contributed by atoms with van der Waals surface area (Å²) in [7, 11) is 0. The molecule has 1 saturated heterocycles. The number of carbonyl (C=O) groups is 2. The summed E-state index contributed by atoms with van der Waals surface area (Å²) in [6, 6.07) is 12.6. The Hall–Kier alpha value is -3.19. The smallest absolute Gasteiger partial charge is 0.258 e. The highest BCUT2D eigenvalue weighted by Crippen LogP contribution is 2.50. The molecule has 0 spiro atoms. The molecule has 7 heteroatoms. The van der Waals surface area contributed by atoms with Crippen LogP contribution in [0.5, 0.6) is 0 Å². The lowest BCUT2D eigenvalue weighted by atomic mass is 9.86. The molecule has 6 rings (SSSR count). The highest BCUT2D eigenvalue weighted by Gasteiger charge is 2.58. The summed E-state index contributed by atoms with van der Waals surface area (Å²) in [5.41, 5.74) is 2.14. The summed E-state index contributed by atoms with van der Waals surface area (Å²) in [6.45, 7) is 0.742. The van der Waals surface area contributed by atoms with Gasteiger partial charge in [0.1, 0.15) is 0 Å². The van der Waals surface area contributed by atoms with Crippen LogP contribution >= 0.6 is 0 Å². The summed E-state index contributed by atoms with van der Waals surface area (Å²) in [5.74, 6) is -0.493. The molecule has 2 N–H and O–H groups in total. The van der Waals surface area contributed by atoms with Gasteiger partial charge in [-0.1, -0.05) is 36.4 Å². The van der Waals surface area contributed by atoms with E-state index in [1.54, 1.807) is 10.6 Å². The molecule has 7 nitrogen and oxygen atoms in total. The van der Waals surface area contributed by atoms with Crippen molar-refractivity contribution < 1.29 is 14.7 Å². The van der Waals surface area contributed by atoms with Crippen LogP contribution in [0.15, 0.2) is 47.3 Å². The third-order valence-electron chi connectivity index (χ3n) is 8.07. The number of aliphatic hydroxyl groups excluding tert-OH is 1. The Bertz CT molecular complexity index is 1230. The molecule has 2 aliphatic heterocycles. The summed E-state index contributed by atoms with van der Waals surface area (Å²) in [4.78, 5) is 42.1. The number of carbonyl (C=O) groups excluding carboxylic acids is 2. The molecule has 1 aromatic heterocycles. The number of benzene rings is 1. The maximum atomic E-state index is 13.5. The van der Waals surface area contributed by atoms with E-state index in [0.717, 1.165) is 31.2 Å². The summed E-state index contributed by atoms with van der Waals surface area (Å²) < 4.78 is 1.73. The van der Waals surface area contributed by atoms with Crippen molar-refractivity contribution in [2.75, 3.05) is 13.2 Å². The Labute approximate surface area is 204 Å². The van der Waals surface area contributed by atoms with E-state index < -0.39 is 17.9 Å². The zero-order valence-corrected chi connectivity index (χ0v) is 19.7. The summed E-state index contributed by atoms with van der Waals surface area (Å²) in [6.07, 6.45) is 7.72. The Kier molecular flexibility index (Phi) is 5.60. The molecule has 3 heterocycles. The number of aliphatic hydroxyl groups is 1. The van der Waals surface area contributed by atoms with E-state index in [4.69, 9.17) is 0 Å². The molecular weight excluding hydrogens is 442 g/mol. The lowest BCUT2D eigenvalue weighted by Gasteiger charge is -2.38. The van der Waals surface area contributed by atoms with Crippen LogP contribution < -0.4 is 10.9 Å². The Morgan fingerprint density at radius 3 is 2.49 bits per heavy atom. The predicted octanol–water partition coefficient (Wildman–Crippen LogP) is 2.45. The van der Waals surface area contributed by atoms with Gasteiger partial charge in [-0.15, -0.1) is 0 Å². The van der Waals surface area contributed by atoms with Crippen LogP contribution in [0.1, 0.15) is 48.5 Å². The molecule has 182 valence electrons. The zero-order valence-electron chi connectivity index (χ0n) is 19.7. The first-order chi connectivity index (χ1) is 17.1. The maximum Gasteiger partial charge on any atom is 0.258 e. The fourth-order valence-corrected chi connectivity index (χ4v) is 5.83. The van der Waals surface area contributed by atoms with Crippen molar-refractivity contribution >= 4 is 24.0 Å². The molecule has 2 amide bonds. The second-order valence-electron chi connectivity index (χ2n) is 10.5. The molecule has 4 aliphatic rings. The van der Waals surface area contributed by atoms with Crippen LogP contribution in [0.3, 0.4) is 0 Å². The number of hydrogen-bond acceptors (Lipinski definition) is 4. The van der Waals surface area contributed by atoms with E-state index in [1.807, 2.05) is 53.5 Å². The quantitative estimate of drug-likeness (QED) is 0.646. The second kappa shape index (κ2) is 8.79. The van der Waals surface area contributed by atoms with Crippen molar-refractivity contribution in [3.63, 3.8) is 0 Å². The van der Waals surface area contributed by atoms with Crippen molar-refractivity contribution in [3.05, 3.63) is 69.6 Å². The molecular formula is C28H31N3O4. The van der Waals surface area contributed by atoms with Gasteiger partial charge in [0.2, 0.25) is 11.8 Å². The van der Waals surface area contributed by atoms with Gasteiger partial charge >= 0.3 is 0 Å². The molecule has 0 unspecified atom stereocenters. The van der Waals surface area contributed by atoms with Crippen LogP contribution in [-0.2, 0) is 16.1 Å². The fourth-order valence-electron chi connectivity index (χ4n) is 5.83. The highest BCUT2D eigenvalue weighted by molar-refractivity contribution is 5.86. The van der Waals surface area contributed by atoms with Crippen molar-refractivity contribution in [2.45, 2.75) is 44.3 Å². The first-order valence-electron chi connectivity index (χ1n) is 12.7. The van der Waals surface area contributed by atoms with Crippen LogP contribution in [0.25, 0.3) is 12.2 Å². The molecule has 35 heavy (non-hydrogen) atoms. The lowest BCUT2D eigenvalue weighted by Crippen LogP contribution is -2.49. The lowest BCUT2D eigenvalue weighted by molar-refractivity contribution is -0.138. The molecule has 0 radical (unpaired) electrons. The minimum absolute atomic E-state index is 0.000955. The number of nitrogens with zero attached hydrogens (tertiary/aromatic N) is 2. The van der Waals surface area contributed by atoms with Crippen LogP contribution in [0, 0.1) is 23.7 Å². The molecule has 1 aromatic carbocycles. The molecule has 3 fully saturated rings. The van der Waals surface area contributed by atoms with Gasteiger partial charge in [-0.25, -0.2) is 0 Å². The molecule has 2 aliphatic carbocycles. The van der Waals surface area contributed by atoms with E-state index in [-0.39, 0.29) is 35.9 Å². The van der Waals surface area contributed by atoms with E-state index in [2.05, 4.69) is 5.32 Å². The van der Waals surface area contributed by atoms with Crippen molar-refractivity contribution in [1.82, 2.24) is 14.8 Å². The highest BCUT2D eigenvalue weighted by atomic mass is 16.3. The number of amides is 2. The third-order valence-corrected chi connectivity index (χ3v) is 8.07. The number of aromatic nitrogens is 1. The Balaban J connectivity index is 1.38. The van der Waals surface area contributed by atoms with E-state index in [0.29, 0.717) is 30.3 Å². The van der Waals surface area contributed by atoms with Crippen LogP contribution in [-0.4, -0.2) is 45.6 Å². The summed E-state index contributed by atoms with van der Waals surface area (Å²) >= 11 is 0. The van der Waals surface area contributed by atoms with Gasteiger partial charge in [-0.2, -0.15) is 0 Å². The minimum Gasteiger partial charge on any atom is -0.396 e. The number of fused-ring (bicyclic) bond motifs is 4. The van der Waals surface area contributed by atoms with Gasteiger partial charge in [-0.3, -0.25) is 14.4 Å². The molecule has 4 atom stereocenters. The van der Waals surface area contributed by atoms with Gasteiger partial charge in [0.15, 0.2) is 0 Å².